The topological polar surface area (TPSA) is 108 Å². The standard InChI is InChI=1S/C81H138NO8P/c1-6-8-10-12-14-16-18-20-22-24-26-28-30-32-34-35-36-37-38-39-40-41-42-43-44-45-46-47-48-50-52-54-56-58-60-62-64-66-68-70-72-74-81(84)90-79(78-89-91(85,86)88-76-75-82(3,4)5)77-87-80(83)73-71-69-67-65-63-61-59-57-55-53-51-49-33-31-29-27-25-23-21-19-17-15-13-11-9-7-2/h8,10,14,16,20,22,26,28,32,34,36-37,39-40,42-43,45-46,48,50,54,56,60,62,79H,6-7,9,11-13,15,17-19,21,23-25,27,29-31,33,35,38,41,44,47,49,51-53,55,57-59,61,63-78H2,1-5H3/p+1/b10-8-,16-14-,22-20-,28-26-,34-32-,37-36-,40-39-,43-42-,46-45-,50-48-,56-54-,62-60-. The lowest BCUT2D eigenvalue weighted by molar-refractivity contribution is -0.870. The normalized spacial score (nSPS) is 14.0. The minimum absolute atomic E-state index is 0.0208. The molecule has 0 saturated carbocycles. The number of carbonyl (C=O) groups is 2. The van der Waals surface area contributed by atoms with Gasteiger partial charge in [0, 0.05) is 12.8 Å². The Morgan fingerprint density at radius 3 is 0.934 bits per heavy atom. The lowest BCUT2D eigenvalue weighted by Crippen LogP contribution is -2.37. The number of phosphoric ester groups is 1. The summed E-state index contributed by atoms with van der Waals surface area (Å²) in [4.78, 5) is 35.9. The van der Waals surface area contributed by atoms with Crippen LogP contribution in [0.25, 0.3) is 0 Å². The van der Waals surface area contributed by atoms with E-state index in [9.17, 15) is 19.0 Å². The van der Waals surface area contributed by atoms with Crippen molar-refractivity contribution in [1.29, 1.82) is 0 Å². The lowest BCUT2D eigenvalue weighted by Gasteiger charge is -2.24. The first-order chi connectivity index (χ1) is 44.5. The summed E-state index contributed by atoms with van der Waals surface area (Å²) in [5.41, 5.74) is 0. The molecule has 91 heavy (non-hydrogen) atoms. The van der Waals surface area contributed by atoms with Gasteiger partial charge in [0.15, 0.2) is 6.10 Å². The fourth-order valence-corrected chi connectivity index (χ4v) is 10.7. The molecule has 0 rings (SSSR count). The molecule has 0 aromatic heterocycles. The minimum Gasteiger partial charge on any atom is -0.462 e. The molecule has 0 amide bonds. The first-order valence-corrected chi connectivity index (χ1v) is 38.6. The number of phosphoric acid groups is 1. The summed E-state index contributed by atoms with van der Waals surface area (Å²) >= 11 is 0. The summed E-state index contributed by atoms with van der Waals surface area (Å²) in [6.07, 6.45) is 104. The fraction of sp³-hybridized carbons (Fsp3) is 0.679. The average molecular weight is 1290 g/mol. The first-order valence-electron chi connectivity index (χ1n) is 37.1. The molecule has 520 valence electrons. The summed E-state index contributed by atoms with van der Waals surface area (Å²) in [5.74, 6) is -0.824. The zero-order valence-corrected chi connectivity index (χ0v) is 60.2. The molecule has 0 spiro atoms. The molecule has 2 atom stereocenters. The van der Waals surface area contributed by atoms with E-state index in [1.165, 1.54) is 148 Å². The van der Waals surface area contributed by atoms with Crippen molar-refractivity contribution in [2.24, 2.45) is 0 Å². The largest absolute Gasteiger partial charge is 0.472 e. The molecule has 0 aliphatic heterocycles. The number of ether oxygens (including phenoxy) is 2. The SMILES string of the molecule is CC/C=C\C/C=C\C/C=C\C/C=C\C/C=C\C/C=C\C/C=C\C/C=C\C/C=C\C/C=C\C/C=C\C/C=C\CCCCCCC(=O)OC(COC(=O)CCCCCCCCCCCCCCCCCCCCCCCCCCCC)COP(=O)(O)OCC[N+](C)(C)C. The summed E-state index contributed by atoms with van der Waals surface area (Å²) < 4.78 is 34.7. The number of esters is 2. The second-order valence-corrected chi connectivity index (χ2v) is 27.1. The predicted molar refractivity (Wildman–Crippen MR) is 394 cm³/mol. The van der Waals surface area contributed by atoms with Crippen LogP contribution < -0.4 is 0 Å². The number of hydrogen-bond acceptors (Lipinski definition) is 7. The summed E-state index contributed by atoms with van der Waals surface area (Å²) in [7, 11) is 1.45. The van der Waals surface area contributed by atoms with E-state index in [0.717, 1.165) is 122 Å². The van der Waals surface area contributed by atoms with Crippen molar-refractivity contribution in [2.45, 2.75) is 309 Å². The van der Waals surface area contributed by atoms with Gasteiger partial charge < -0.3 is 18.9 Å². The minimum atomic E-state index is -4.41. The number of rotatable bonds is 67. The van der Waals surface area contributed by atoms with Crippen molar-refractivity contribution in [3.63, 3.8) is 0 Å². The zero-order valence-electron chi connectivity index (χ0n) is 59.3. The Labute approximate surface area is 561 Å². The molecule has 0 saturated heterocycles. The summed E-state index contributed by atoms with van der Waals surface area (Å²) in [6.45, 7) is 4.31. The Kier molecular flexibility index (Phi) is 67.0. The maximum absolute atomic E-state index is 12.9. The highest BCUT2D eigenvalue weighted by molar-refractivity contribution is 7.47. The van der Waals surface area contributed by atoms with Crippen molar-refractivity contribution in [2.75, 3.05) is 47.5 Å². The maximum Gasteiger partial charge on any atom is 0.472 e. The van der Waals surface area contributed by atoms with Crippen LogP contribution in [0.5, 0.6) is 0 Å². The first kappa shape index (κ1) is 86.9. The Hall–Kier alpha value is -4.11. The predicted octanol–water partition coefficient (Wildman–Crippen LogP) is 24.5. The van der Waals surface area contributed by atoms with Gasteiger partial charge in [-0.1, -0.05) is 333 Å². The van der Waals surface area contributed by atoms with Gasteiger partial charge in [0.2, 0.25) is 0 Å². The van der Waals surface area contributed by atoms with E-state index < -0.39 is 26.5 Å². The smallest absolute Gasteiger partial charge is 0.462 e. The van der Waals surface area contributed by atoms with Crippen LogP contribution in [-0.2, 0) is 32.7 Å². The van der Waals surface area contributed by atoms with E-state index in [2.05, 4.69) is 160 Å². The van der Waals surface area contributed by atoms with Gasteiger partial charge in [0.05, 0.1) is 27.7 Å². The molecular formula is C81H139NO8P+. The number of nitrogens with zero attached hydrogens (tertiary/aromatic N) is 1. The van der Waals surface area contributed by atoms with E-state index in [1.807, 2.05) is 21.1 Å². The summed E-state index contributed by atoms with van der Waals surface area (Å²) in [5, 5.41) is 0. The number of likely N-dealkylation sites (N-methyl/N-ethyl adjacent to an activating group) is 1. The van der Waals surface area contributed by atoms with Gasteiger partial charge in [-0.25, -0.2) is 4.57 Å². The Morgan fingerprint density at radius 2 is 0.626 bits per heavy atom. The molecule has 0 aliphatic rings. The molecule has 2 unspecified atom stereocenters. The average Bonchev–Trinajstić information content (AvgIpc) is 3.69. The van der Waals surface area contributed by atoms with E-state index in [4.69, 9.17) is 18.5 Å². The highest BCUT2D eigenvalue weighted by Gasteiger charge is 2.27. The maximum atomic E-state index is 12.9. The van der Waals surface area contributed by atoms with Crippen molar-refractivity contribution < 1.29 is 42.1 Å². The third kappa shape index (κ3) is 74.8. The lowest BCUT2D eigenvalue weighted by atomic mass is 10.0. The molecular weight excluding hydrogens is 1150 g/mol. The Balaban J connectivity index is 4.14. The zero-order chi connectivity index (χ0) is 66.2. The summed E-state index contributed by atoms with van der Waals surface area (Å²) in [6, 6.07) is 0. The van der Waals surface area contributed by atoms with Crippen LogP contribution in [0.3, 0.4) is 0 Å². The highest BCUT2D eigenvalue weighted by Crippen LogP contribution is 2.43. The number of allylic oxidation sites excluding steroid dienone is 24. The van der Waals surface area contributed by atoms with Crippen LogP contribution in [0.15, 0.2) is 146 Å². The van der Waals surface area contributed by atoms with Crippen LogP contribution >= 0.6 is 7.82 Å². The molecule has 0 aromatic rings. The third-order valence-corrected chi connectivity index (χ3v) is 16.6. The van der Waals surface area contributed by atoms with Gasteiger partial charge in [0.1, 0.15) is 19.8 Å². The molecule has 0 heterocycles. The quantitative estimate of drug-likeness (QED) is 0.0211. The van der Waals surface area contributed by atoms with Gasteiger partial charge in [-0.05, 0) is 103 Å². The van der Waals surface area contributed by atoms with E-state index in [1.54, 1.807) is 0 Å². The van der Waals surface area contributed by atoms with Crippen LogP contribution in [0, 0.1) is 0 Å². The van der Waals surface area contributed by atoms with Gasteiger partial charge in [-0.2, -0.15) is 0 Å². The molecule has 10 heteroatoms. The van der Waals surface area contributed by atoms with E-state index >= 15 is 0 Å². The van der Waals surface area contributed by atoms with Crippen LogP contribution in [0.2, 0.25) is 0 Å². The van der Waals surface area contributed by atoms with Crippen LogP contribution in [0.1, 0.15) is 303 Å². The Bertz CT molecular complexity index is 2050. The van der Waals surface area contributed by atoms with Crippen molar-refractivity contribution >= 4 is 19.8 Å². The molecule has 0 aromatic carbocycles. The monoisotopic (exact) mass is 1290 g/mol. The molecule has 0 bridgehead atoms. The third-order valence-electron chi connectivity index (χ3n) is 15.6. The molecule has 0 radical (unpaired) electrons. The van der Waals surface area contributed by atoms with Crippen molar-refractivity contribution in [3.05, 3.63) is 146 Å². The number of quaternary nitrogens is 1. The van der Waals surface area contributed by atoms with Gasteiger partial charge >= 0.3 is 19.8 Å². The molecule has 1 N–H and O–H groups in total. The molecule has 9 nitrogen and oxygen atoms in total. The second kappa shape index (κ2) is 70.2. The van der Waals surface area contributed by atoms with Gasteiger partial charge in [0.25, 0.3) is 0 Å². The van der Waals surface area contributed by atoms with Crippen LogP contribution in [-0.4, -0.2) is 74.9 Å². The van der Waals surface area contributed by atoms with Crippen molar-refractivity contribution in [1.82, 2.24) is 0 Å². The molecule has 0 fully saturated rings. The highest BCUT2D eigenvalue weighted by atomic mass is 31.2. The number of unbranched alkanes of at least 4 members (excludes halogenated alkanes) is 29. The van der Waals surface area contributed by atoms with E-state index in [0.29, 0.717) is 17.4 Å². The second-order valence-electron chi connectivity index (χ2n) is 25.6. The van der Waals surface area contributed by atoms with E-state index in [-0.39, 0.29) is 32.0 Å². The number of hydrogen-bond donors (Lipinski definition) is 1. The Morgan fingerprint density at radius 1 is 0.352 bits per heavy atom. The number of carbonyl (C=O) groups excluding carboxylic acids is 2. The van der Waals surface area contributed by atoms with Crippen molar-refractivity contribution in [3.8, 4) is 0 Å². The fourth-order valence-electron chi connectivity index (χ4n) is 10.00. The molecule has 0 aliphatic carbocycles. The van der Waals surface area contributed by atoms with Gasteiger partial charge in [-0.15, -0.1) is 0 Å². The van der Waals surface area contributed by atoms with Gasteiger partial charge in [-0.3, -0.25) is 18.6 Å². The van der Waals surface area contributed by atoms with Crippen LogP contribution in [0.4, 0.5) is 0 Å².